The van der Waals surface area contributed by atoms with Crippen LogP contribution in [-0.2, 0) is 25.6 Å². The fourth-order valence-electron chi connectivity index (χ4n) is 2.96. The van der Waals surface area contributed by atoms with Crippen LogP contribution in [0, 0.1) is 5.92 Å². The Kier molecular flexibility index (Phi) is 7.34. The first-order valence-electron chi connectivity index (χ1n) is 10.0. The lowest BCUT2D eigenvalue weighted by molar-refractivity contribution is -0.160. The fraction of sp³-hybridized carbons (Fsp3) is 0.591. The second-order valence-corrected chi connectivity index (χ2v) is 9.34. The van der Waals surface area contributed by atoms with Crippen molar-refractivity contribution < 1.29 is 28.6 Å². The smallest absolute Gasteiger partial charge is 0.410 e. The zero-order chi connectivity index (χ0) is 22.5. The molecule has 1 aromatic rings. The molecule has 30 heavy (non-hydrogen) atoms. The van der Waals surface area contributed by atoms with E-state index in [9.17, 15) is 14.4 Å². The van der Waals surface area contributed by atoms with E-state index >= 15 is 0 Å². The van der Waals surface area contributed by atoms with Gasteiger partial charge in [-0.25, -0.2) is 9.59 Å². The molecule has 8 nitrogen and oxygen atoms in total. The summed E-state index contributed by atoms with van der Waals surface area (Å²) in [4.78, 5) is 38.9. The molecule has 0 aliphatic carbocycles. The number of hydrogen-bond donors (Lipinski definition) is 1. The molecule has 1 aromatic carbocycles. The zero-order valence-electron chi connectivity index (χ0n) is 18.6. The number of carbonyl (C=O) groups excluding carboxylic acids is 3. The van der Waals surface area contributed by atoms with Gasteiger partial charge in [0, 0.05) is 13.1 Å². The van der Waals surface area contributed by atoms with Crippen LogP contribution in [0.15, 0.2) is 30.3 Å². The third-order valence-corrected chi connectivity index (χ3v) is 4.20. The highest BCUT2D eigenvalue weighted by atomic mass is 16.6. The summed E-state index contributed by atoms with van der Waals surface area (Å²) in [6.45, 7) is 10.9. The number of nitrogens with zero attached hydrogens (tertiary/aromatic N) is 1. The Balaban J connectivity index is 2.04. The van der Waals surface area contributed by atoms with Crippen molar-refractivity contribution in [2.24, 2.45) is 5.92 Å². The molecule has 1 aliphatic heterocycles. The molecule has 2 amide bonds. The topological polar surface area (TPSA) is 94.2 Å². The minimum absolute atomic E-state index is 0.0907. The van der Waals surface area contributed by atoms with Gasteiger partial charge in [0.15, 0.2) is 0 Å². The highest BCUT2D eigenvalue weighted by Crippen LogP contribution is 2.23. The van der Waals surface area contributed by atoms with Crippen LogP contribution in [0.25, 0.3) is 0 Å². The van der Waals surface area contributed by atoms with Gasteiger partial charge in [-0.15, -0.1) is 0 Å². The van der Waals surface area contributed by atoms with Crippen LogP contribution in [0.5, 0.6) is 0 Å². The van der Waals surface area contributed by atoms with Crippen LogP contribution in [0.2, 0.25) is 0 Å². The molecule has 8 heteroatoms. The van der Waals surface area contributed by atoms with Gasteiger partial charge in [0.2, 0.25) is 0 Å². The molecule has 1 N–H and O–H groups in total. The third-order valence-electron chi connectivity index (χ3n) is 4.20. The number of rotatable bonds is 4. The predicted octanol–water partition coefficient (Wildman–Crippen LogP) is 3.49. The highest BCUT2D eigenvalue weighted by molar-refractivity contribution is 5.78. The van der Waals surface area contributed by atoms with Gasteiger partial charge in [-0.3, -0.25) is 4.79 Å². The SMILES string of the molecule is CC(C)(C)OC(=O)C1CN(C(=O)OC(C)(C)C)CC1NC(=O)OCc1ccccc1. The minimum atomic E-state index is -0.721. The molecule has 1 saturated heterocycles. The van der Waals surface area contributed by atoms with Crippen molar-refractivity contribution in [3.05, 3.63) is 35.9 Å². The van der Waals surface area contributed by atoms with Crippen molar-refractivity contribution in [3.8, 4) is 0 Å². The molecular formula is C22H32N2O6. The van der Waals surface area contributed by atoms with Crippen molar-refractivity contribution in [1.82, 2.24) is 10.2 Å². The number of amides is 2. The van der Waals surface area contributed by atoms with E-state index in [-0.39, 0.29) is 19.7 Å². The fourth-order valence-corrected chi connectivity index (χ4v) is 2.96. The second kappa shape index (κ2) is 9.36. The second-order valence-electron chi connectivity index (χ2n) is 9.34. The zero-order valence-corrected chi connectivity index (χ0v) is 18.6. The molecule has 0 radical (unpaired) electrons. The van der Waals surface area contributed by atoms with Crippen LogP contribution in [0.4, 0.5) is 9.59 Å². The summed E-state index contributed by atoms with van der Waals surface area (Å²) in [5.74, 6) is -1.21. The number of carbonyl (C=O) groups is 3. The summed E-state index contributed by atoms with van der Waals surface area (Å²) in [5, 5.41) is 2.70. The molecule has 2 atom stereocenters. The van der Waals surface area contributed by atoms with Crippen LogP contribution in [0.1, 0.15) is 47.1 Å². The van der Waals surface area contributed by atoms with Crippen molar-refractivity contribution in [2.45, 2.75) is 65.4 Å². The van der Waals surface area contributed by atoms with E-state index in [1.807, 2.05) is 30.3 Å². The Hall–Kier alpha value is -2.77. The summed E-state index contributed by atoms with van der Waals surface area (Å²) in [6, 6.07) is 8.62. The van der Waals surface area contributed by atoms with Gasteiger partial charge in [0.1, 0.15) is 17.8 Å². The normalized spacial score (nSPS) is 19.2. The number of hydrogen-bond acceptors (Lipinski definition) is 6. The van der Waals surface area contributed by atoms with Gasteiger partial charge in [-0.2, -0.15) is 0 Å². The standard InChI is InChI=1S/C22H32N2O6/c1-21(2,3)29-18(25)16-12-24(20(27)30-22(4,5)6)13-17(16)23-19(26)28-14-15-10-8-7-9-11-15/h7-11,16-17H,12-14H2,1-6H3,(H,23,26). The van der Waals surface area contributed by atoms with Crippen molar-refractivity contribution >= 4 is 18.2 Å². The first kappa shape index (κ1) is 23.5. The maximum Gasteiger partial charge on any atom is 0.410 e. The first-order chi connectivity index (χ1) is 13.8. The molecule has 166 valence electrons. The van der Waals surface area contributed by atoms with Gasteiger partial charge in [-0.1, -0.05) is 30.3 Å². The summed E-state index contributed by atoms with van der Waals surface area (Å²) >= 11 is 0. The number of ether oxygens (including phenoxy) is 3. The van der Waals surface area contributed by atoms with Crippen LogP contribution < -0.4 is 5.32 Å². The lowest BCUT2D eigenvalue weighted by Crippen LogP contribution is -2.45. The quantitative estimate of drug-likeness (QED) is 0.592. The van der Waals surface area contributed by atoms with E-state index in [1.54, 1.807) is 41.5 Å². The lowest BCUT2D eigenvalue weighted by Gasteiger charge is -2.25. The van der Waals surface area contributed by atoms with Crippen molar-refractivity contribution in [2.75, 3.05) is 13.1 Å². The van der Waals surface area contributed by atoms with E-state index in [4.69, 9.17) is 14.2 Å². The lowest BCUT2D eigenvalue weighted by atomic mass is 10.0. The number of nitrogens with one attached hydrogen (secondary N) is 1. The monoisotopic (exact) mass is 420 g/mol. The molecule has 2 rings (SSSR count). The Morgan fingerprint density at radius 3 is 2.13 bits per heavy atom. The maximum absolute atomic E-state index is 12.7. The maximum atomic E-state index is 12.7. The highest BCUT2D eigenvalue weighted by Gasteiger charge is 2.43. The average Bonchev–Trinajstić information content (AvgIpc) is 3.02. The average molecular weight is 421 g/mol. The van der Waals surface area contributed by atoms with E-state index < -0.39 is 41.3 Å². The van der Waals surface area contributed by atoms with Crippen molar-refractivity contribution in [3.63, 3.8) is 0 Å². The molecule has 1 aliphatic rings. The number of likely N-dealkylation sites (tertiary alicyclic amines) is 1. The molecule has 0 bridgehead atoms. The van der Waals surface area contributed by atoms with Crippen molar-refractivity contribution in [1.29, 1.82) is 0 Å². The van der Waals surface area contributed by atoms with E-state index in [0.29, 0.717) is 0 Å². The predicted molar refractivity (Wildman–Crippen MR) is 111 cm³/mol. The molecule has 0 aromatic heterocycles. The minimum Gasteiger partial charge on any atom is -0.460 e. The molecule has 2 unspecified atom stereocenters. The molecule has 0 saturated carbocycles. The molecule has 1 heterocycles. The number of esters is 1. The van der Waals surface area contributed by atoms with E-state index in [0.717, 1.165) is 5.56 Å². The van der Waals surface area contributed by atoms with Crippen LogP contribution in [0.3, 0.4) is 0 Å². The van der Waals surface area contributed by atoms with Gasteiger partial charge >= 0.3 is 18.2 Å². The third kappa shape index (κ3) is 7.57. The Labute approximate surface area is 177 Å². The number of alkyl carbamates (subject to hydrolysis) is 1. The van der Waals surface area contributed by atoms with Gasteiger partial charge in [0.05, 0.1) is 12.0 Å². The van der Waals surface area contributed by atoms with Gasteiger partial charge < -0.3 is 24.4 Å². The Morgan fingerprint density at radius 2 is 1.57 bits per heavy atom. The van der Waals surface area contributed by atoms with Gasteiger partial charge in [-0.05, 0) is 47.1 Å². The van der Waals surface area contributed by atoms with Crippen LogP contribution >= 0.6 is 0 Å². The molecule has 0 spiro atoms. The number of benzene rings is 1. The summed E-state index contributed by atoms with van der Waals surface area (Å²) in [6.07, 6.45) is -1.21. The molecular weight excluding hydrogens is 388 g/mol. The van der Waals surface area contributed by atoms with E-state index in [2.05, 4.69) is 5.32 Å². The molecule has 1 fully saturated rings. The van der Waals surface area contributed by atoms with E-state index in [1.165, 1.54) is 4.90 Å². The first-order valence-corrected chi connectivity index (χ1v) is 10.0. The summed E-state index contributed by atoms with van der Waals surface area (Å²) < 4.78 is 16.1. The summed E-state index contributed by atoms with van der Waals surface area (Å²) in [7, 11) is 0. The van der Waals surface area contributed by atoms with Crippen LogP contribution in [-0.4, -0.2) is 53.4 Å². The Morgan fingerprint density at radius 1 is 0.967 bits per heavy atom. The largest absolute Gasteiger partial charge is 0.460 e. The van der Waals surface area contributed by atoms with Gasteiger partial charge in [0.25, 0.3) is 0 Å². The Bertz CT molecular complexity index is 751. The summed E-state index contributed by atoms with van der Waals surface area (Å²) in [5.41, 5.74) is -0.508.